The number of hydrogen-bond donors (Lipinski definition) is 2. The number of halogens is 4. The van der Waals surface area contributed by atoms with Crippen molar-refractivity contribution < 1.29 is 18.0 Å². The van der Waals surface area contributed by atoms with Crippen LogP contribution >= 0.6 is 23.8 Å². The van der Waals surface area contributed by atoms with Crippen molar-refractivity contribution in [1.82, 2.24) is 19.8 Å². The molecule has 0 unspecified atom stereocenters. The van der Waals surface area contributed by atoms with Gasteiger partial charge in [-0.2, -0.15) is 18.4 Å². The van der Waals surface area contributed by atoms with E-state index in [2.05, 4.69) is 21.7 Å². The van der Waals surface area contributed by atoms with E-state index in [0.717, 1.165) is 11.6 Å². The summed E-state index contributed by atoms with van der Waals surface area (Å²) in [5.41, 5.74) is 1.14. The Hall–Kier alpha value is -4.40. The smallest absolute Gasteiger partial charge is 0.349 e. The van der Waals surface area contributed by atoms with Gasteiger partial charge in [-0.1, -0.05) is 48.0 Å². The van der Waals surface area contributed by atoms with Gasteiger partial charge >= 0.3 is 6.18 Å². The Morgan fingerprint density at radius 2 is 1.82 bits per heavy atom. The zero-order valence-corrected chi connectivity index (χ0v) is 25.6. The first-order chi connectivity index (χ1) is 20.8. The van der Waals surface area contributed by atoms with Crippen molar-refractivity contribution in [3.63, 3.8) is 0 Å². The maximum Gasteiger partial charge on any atom is 0.416 e. The van der Waals surface area contributed by atoms with Crippen LogP contribution in [0.1, 0.15) is 41.8 Å². The topological polar surface area (TPSA) is 86.0 Å². The number of thiocarbonyl (C=S) groups is 1. The molecule has 1 amide bonds. The molecule has 1 heterocycles. The molecular formula is C32H30ClF3N6OS. The van der Waals surface area contributed by atoms with Crippen molar-refractivity contribution in [1.29, 1.82) is 5.26 Å². The summed E-state index contributed by atoms with van der Waals surface area (Å²) in [6.45, 7) is 3.97. The lowest BCUT2D eigenvalue weighted by molar-refractivity contribution is -0.138. The number of alkyl halides is 3. The summed E-state index contributed by atoms with van der Waals surface area (Å²) in [4.78, 5) is 19.0. The first-order valence-corrected chi connectivity index (χ1v) is 14.4. The molecule has 7 nitrogen and oxygen atoms in total. The standard InChI is InChI=1S/C32H30ClF3N6OS/c1-31(2,40-29(43)15-27-17-38-21-42(27)18-23-12-10-22(16-37)11-13-23)20-41(30(44)39-26-8-5-7-25(33)14-26)19-24-6-3-4-9-28(24)32(34,35)36/h3-14,17,21H,15,18-20H2,1-2H3,(H,39,44)(H,40,43). The van der Waals surface area contributed by atoms with Crippen LogP contribution in [0.15, 0.2) is 85.3 Å². The molecular weight excluding hydrogens is 609 g/mol. The fourth-order valence-corrected chi connectivity index (χ4v) is 5.17. The van der Waals surface area contributed by atoms with Gasteiger partial charge in [0.2, 0.25) is 5.91 Å². The van der Waals surface area contributed by atoms with Gasteiger partial charge in [-0.25, -0.2) is 4.98 Å². The molecule has 3 aromatic carbocycles. The zero-order chi connectivity index (χ0) is 31.9. The lowest BCUT2D eigenvalue weighted by Gasteiger charge is -2.35. The lowest BCUT2D eigenvalue weighted by atomic mass is 10.0. The number of aromatic nitrogens is 2. The van der Waals surface area contributed by atoms with Crippen LogP contribution in [0.2, 0.25) is 5.02 Å². The summed E-state index contributed by atoms with van der Waals surface area (Å²) in [5, 5.41) is 15.7. The van der Waals surface area contributed by atoms with Crippen LogP contribution in [0.25, 0.3) is 0 Å². The highest BCUT2D eigenvalue weighted by atomic mass is 35.5. The molecule has 228 valence electrons. The monoisotopic (exact) mass is 638 g/mol. The fourth-order valence-electron chi connectivity index (χ4n) is 4.73. The van der Waals surface area contributed by atoms with Gasteiger partial charge in [-0.05, 0) is 73.6 Å². The van der Waals surface area contributed by atoms with Gasteiger partial charge in [0.05, 0.1) is 35.5 Å². The first-order valence-electron chi connectivity index (χ1n) is 13.6. The third kappa shape index (κ3) is 9.05. The van der Waals surface area contributed by atoms with Crippen molar-refractivity contribution in [2.75, 3.05) is 11.9 Å². The van der Waals surface area contributed by atoms with Crippen molar-refractivity contribution in [2.24, 2.45) is 0 Å². The Morgan fingerprint density at radius 1 is 1.09 bits per heavy atom. The third-order valence-electron chi connectivity index (χ3n) is 6.69. The van der Waals surface area contributed by atoms with E-state index in [9.17, 15) is 18.0 Å². The summed E-state index contributed by atoms with van der Waals surface area (Å²) in [7, 11) is 0. The molecule has 12 heteroatoms. The highest BCUT2D eigenvalue weighted by Gasteiger charge is 2.34. The molecule has 4 rings (SSSR count). The summed E-state index contributed by atoms with van der Waals surface area (Å²) >= 11 is 11.8. The molecule has 0 bridgehead atoms. The number of carbonyl (C=O) groups is 1. The van der Waals surface area contributed by atoms with Gasteiger partial charge in [0.1, 0.15) is 0 Å². The molecule has 0 aliphatic rings. The number of nitrogens with one attached hydrogen (secondary N) is 2. The molecule has 0 atom stereocenters. The van der Waals surface area contributed by atoms with E-state index >= 15 is 0 Å². The third-order valence-corrected chi connectivity index (χ3v) is 7.28. The molecule has 0 fully saturated rings. The molecule has 0 saturated carbocycles. The Labute approximate surface area is 264 Å². The van der Waals surface area contributed by atoms with Gasteiger partial charge in [0, 0.05) is 42.2 Å². The van der Waals surface area contributed by atoms with Gasteiger partial charge in [0.25, 0.3) is 0 Å². The number of benzene rings is 3. The average Bonchev–Trinajstić information content (AvgIpc) is 3.38. The van der Waals surface area contributed by atoms with Crippen LogP contribution in [-0.2, 0) is 30.5 Å². The van der Waals surface area contributed by atoms with E-state index in [0.29, 0.717) is 28.5 Å². The minimum atomic E-state index is -4.55. The number of nitrogens with zero attached hydrogens (tertiary/aromatic N) is 4. The molecule has 0 radical (unpaired) electrons. The quantitative estimate of drug-likeness (QED) is 0.186. The number of anilines is 1. The minimum absolute atomic E-state index is 0.0296. The molecule has 2 N–H and O–H groups in total. The summed E-state index contributed by atoms with van der Waals surface area (Å²) in [6, 6.07) is 21.4. The minimum Gasteiger partial charge on any atom is -0.349 e. The largest absolute Gasteiger partial charge is 0.416 e. The first kappa shape index (κ1) is 32.5. The number of nitriles is 1. The van der Waals surface area contributed by atoms with Crippen LogP contribution in [-0.4, -0.2) is 37.6 Å². The van der Waals surface area contributed by atoms with Gasteiger partial charge < -0.3 is 20.1 Å². The fraction of sp³-hybridized carbons (Fsp3) is 0.250. The van der Waals surface area contributed by atoms with Crippen LogP contribution in [0, 0.1) is 11.3 Å². The second-order valence-electron chi connectivity index (χ2n) is 10.9. The van der Waals surface area contributed by atoms with Crippen LogP contribution in [0.4, 0.5) is 18.9 Å². The van der Waals surface area contributed by atoms with E-state index in [1.54, 1.807) is 73.7 Å². The van der Waals surface area contributed by atoms with Gasteiger partial charge in [-0.3, -0.25) is 4.79 Å². The highest BCUT2D eigenvalue weighted by molar-refractivity contribution is 7.80. The van der Waals surface area contributed by atoms with Crippen LogP contribution in [0.3, 0.4) is 0 Å². The number of rotatable bonds is 10. The molecule has 0 spiro atoms. The second-order valence-corrected chi connectivity index (χ2v) is 11.7. The predicted molar refractivity (Wildman–Crippen MR) is 168 cm³/mol. The maximum atomic E-state index is 13.8. The Balaban J connectivity index is 1.49. The highest BCUT2D eigenvalue weighted by Crippen LogP contribution is 2.32. The average molecular weight is 639 g/mol. The summed E-state index contributed by atoms with van der Waals surface area (Å²) in [6.07, 6.45) is -1.27. The normalized spacial score (nSPS) is 11.5. The van der Waals surface area contributed by atoms with E-state index in [1.165, 1.54) is 12.1 Å². The summed E-state index contributed by atoms with van der Waals surface area (Å²) < 4.78 is 43.3. The van der Waals surface area contributed by atoms with E-state index in [4.69, 9.17) is 29.1 Å². The summed E-state index contributed by atoms with van der Waals surface area (Å²) in [5.74, 6) is -0.291. The molecule has 4 aromatic rings. The molecule has 44 heavy (non-hydrogen) atoms. The number of hydrogen-bond acceptors (Lipinski definition) is 4. The Bertz CT molecular complexity index is 1660. The molecule has 0 aliphatic carbocycles. The second kappa shape index (κ2) is 13.9. The van der Waals surface area contributed by atoms with Crippen LogP contribution < -0.4 is 10.6 Å². The maximum absolute atomic E-state index is 13.8. The Morgan fingerprint density at radius 3 is 2.50 bits per heavy atom. The van der Waals surface area contributed by atoms with Gasteiger partial charge in [-0.15, -0.1) is 0 Å². The van der Waals surface area contributed by atoms with Gasteiger partial charge in [0.15, 0.2) is 5.11 Å². The van der Waals surface area contributed by atoms with E-state index < -0.39 is 17.3 Å². The predicted octanol–water partition coefficient (Wildman–Crippen LogP) is 6.81. The van der Waals surface area contributed by atoms with Crippen molar-refractivity contribution >= 4 is 40.5 Å². The van der Waals surface area contributed by atoms with Crippen molar-refractivity contribution in [3.05, 3.63) is 118 Å². The van der Waals surface area contributed by atoms with Crippen molar-refractivity contribution in [3.8, 4) is 6.07 Å². The Kier molecular flexibility index (Phi) is 10.3. The lowest BCUT2D eigenvalue weighted by Crippen LogP contribution is -2.53. The zero-order valence-electron chi connectivity index (χ0n) is 24.0. The van der Waals surface area contributed by atoms with E-state index in [-0.39, 0.29) is 36.1 Å². The van der Waals surface area contributed by atoms with Crippen molar-refractivity contribution in [2.45, 2.75) is 45.1 Å². The molecule has 1 aromatic heterocycles. The van der Waals surface area contributed by atoms with Crippen LogP contribution in [0.5, 0.6) is 0 Å². The van der Waals surface area contributed by atoms with E-state index in [1.807, 2.05) is 16.7 Å². The SMILES string of the molecule is CC(C)(CN(Cc1ccccc1C(F)(F)F)C(=S)Nc1cccc(Cl)c1)NC(=O)Cc1cncn1Cc1ccc(C#N)cc1. The number of amides is 1. The molecule has 0 aliphatic heterocycles. The molecule has 0 saturated heterocycles. The number of carbonyl (C=O) groups excluding carboxylic acids is 1. The number of imidazole rings is 1.